The van der Waals surface area contributed by atoms with E-state index in [2.05, 4.69) is 4.98 Å². The van der Waals surface area contributed by atoms with Crippen LogP contribution in [0, 0.1) is 0 Å². The number of aromatic nitrogens is 2. The van der Waals surface area contributed by atoms with Crippen LogP contribution in [0.4, 0.5) is 0 Å². The Bertz CT molecular complexity index is 1240. The van der Waals surface area contributed by atoms with Crippen LogP contribution in [0.3, 0.4) is 0 Å². The largest absolute Gasteiger partial charge is 0.486 e. The van der Waals surface area contributed by atoms with Crippen molar-refractivity contribution in [3.05, 3.63) is 57.5 Å². The first-order chi connectivity index (χ1) is 13.9. The van der Waals surface area contributed by atoms with Crippen molar-refractivity contribution in [2.75, 3.05) is 13.1 Å². The minimum atomic E-state index is -3.69. The van der Waals surface area contributed by atoms with Crippen LogP contribution in [0.2, 0.25) is 0 Å². The molecule has 9 nitrogen and oxygen atoms in total. The first-order valence-corrected chi connectivity index (χ1v) is 11.2. The van der Waals surface area contributed by atoms with Crippen molar-refractivity contribution in [3.63, 3.8) is 0 Å². The molecular weight excluding hydrogens is 416 g/mol. The number of rotatable bonds is 6. The predicted octanol–water partition coefficient (Wildman–Crippen LogP) is 1.22. The topological polar surface area (TPSA) is 124 Å². The molecule has 1 aliphatic heterocycles. The molecular formula is C18H18N4O5S2. The lowest BCUT2D eigenvalue weighted by Gasteiger charge is -2.17. The normalized spacial score (nSPS) is 15.0. The zero-order chi connectivity index (χ0) is 20.6. The predicted molar refractivity (Wildman–Crippen MR) is 107 cm³/mol. The number of hydrogen-bond acceptors (Lipinski definition) is 7. The Morgan fingerprint density at radius 3 is 2.72 bits per heavy atom. The number of hydrogen-bond donors (Lipinski definition) is 1. The number of nitrogens with zero attached hydrogens (tertiary/aromatic N) is 3. The highest BCUT2D eigenvalue weighted by atomic mass is 32.2. The van der Waals surface area contributed by atoms with Crippen LogP contribution in [0.5, 0.6) is 5.75 Å². The van der Waals surface area contributed by atoms with Gasteiger partial charge in [0.1, 0.15) is 12.4 Å². The summed E-state index contributed by atoms with van der Waals surface area (Å²) in [6.07, 6.45) is 3.25. The number of carbonyl (C=O) groups is 1. The second kappa shape index (κ2) is 7.58. The maximum Gasteiger partial charge on any atom is 0.258 e. The average Bonchev–Trinajstić information content (AvgIpc) is 3.38. The number of amides is 1. The Balaban J connectivity index is 1.61. The lowest BCUT2D eigenvalue weighted by atomic mass is 10.2. The van der Waals surface area contributed by atoms with E-state index in [1.807, 2.05) is 0 Å². The van der Waals surface area contributed by atoms with Crippen molar-refractivity contribution in [3.8, 4) is 5.75 Å². The SMILES string of the molecule is NC(=O)c1cc(S(=O)(=O)N2CCCC2)ccc1OCc1cc(=O)n2ccsc2n1. The second-order valence-corrected chi connectivity index (χ2v) is 9.37. The molecule has 152 valence electrons. The van der Waals surface area contributed by atoms with Gasteiger partial charge in [0, 0.05) is 30.7 Å². The average molecular weight is 434 g/mol. The minimum absolute atomic E-state index is 0.00285. The van der Waals surface area contributed by atoms with Crippen LogP contribution in [-0.2, 0) is 16.6 Å². The molecule has 0 spiro atoms. The van der Waals surface area contributed by atoms with Crippen molar-refractivity contribution in [2.45, 2.75) is 24.3 Å². The molecule has 2 N–H and O–H groups in total. The van der Waals surface area contributed by atoms with Gasteiger partial charge in [-0.05, 0) is 31.0 Å². The first kappa shape index (κ1) is 19.6. The number of sulfonamides is 1. The minimum Gasteiger partial charge on any atom is -0.486 e. The van der Waals surface area contributed by atoms with Gasteiger partial charge in [0.05, 0.1) is 16.2 Å². The summed E-state index contributed by atoms with van der Waals surface area (Å²) in [5.41, 5.74) is 5.55. The van der Waals surface area contributed by atoms with Crippen molar-refractivity contribution >= 4 is 32.2 Å². The van der Waals surface area contributed by atoms with Gasteiger partial charge in [-0.15, -0.1) is 11.3 Å². The molecule has 0 radical (unpaired) electrons. The van der Waals surface area contributed by atoms with E-state index in [-0.39, 0.29) is 28.4 Å². The van der Waals surface area contributed by atoms with Crippen molar-refractivity contribution in [2.24, 2.45) is 5.73 Å². The third-order valence-electron chi connectivity index (χ3n) is 4.65. The van der Waals surface area contributed by atoms with Crippen molar-refractivity contribution in [1.29, 1.82) is 0 Å². The Morgan fingerprint density at radius 1 is 1.24 bits per heavy atom. The molecule has 1 amide bonds. The summed E-state index contributed by atoms with van der Waals surface area (Å²) in [5, 5.41) is 1.75. The number of thiazole rings is 1. The lowest BCUT2D eigenvalue weighted by molar-refractivity contribution is 0.0995. The summed E-state index contributed by atoms with van der Waals surface area (Å²) in [6, 6.07) is 5.37. The summed E-state index contributed by atoms with van der Waals surface area (Å²) in [7, 11) is -3.69. The van der Waals surface area contributed by atoms with E-state index < -0.39 is 15.9 Å². The molecule has 0 bridgehead atoms. The van der Waals surface area contributed by atoms with Gasteiger partial charge >= 0.3 is 0 Å². The lowest BCUT2D eigenvalue weighted by Crippen LogP contribution is -2.28. The Hall–Kier alpha value is -2.76. The van der Waals surface area contributed by atoms with Gasteiger partial charge in [0.15, 0.2) is 4.96 Å². The standard InChI is InChI=1S/C18H18N4O5S2/c19-17(24)14-10-13(29(25,26)21-5-1-2-6-21)3-4-15(14)27-11-12-9-16(23)22-7-8-28-18(22)20-12/h3-4,7-10H,1-2,5-6,11H2,(H2,19,24). The van der Waals surface area contributed by atoms with Gasteiger partial charge in [-0.2, -0.15) is 4.31 Å². The molecule has 2 aromatic heterocycles. The maximum atomic E-state index is 12.7. The Kier molecular flexibility index (Phi) is 5.11. The first-order valence-electron chi connectivity index (χ1n) is 8.89. The molecule has 0 aliphatic carbocycles. The molecule has 1 aliphatic rings. The summed E-state index contributed by atoms with van der Waals surface area (Å²) >= 11 is 1.31. The molecule has 1 aromatic carbocycles. The summed E-state index contributed by atoms with van der Waals surface area (Å²) in [6.45, 7) is 0.847. The number of carbonyl (C=O) groups excluding carboxylic acids is 1. The van der Waals surface area contributed by atoms with Gasteiger partial charge in [0.2, 0.25) is 10.0 Å². The van der Waals surface area contributed by atoms with Crippen molar-refractivity contribution < 1.29 is 17.9 Å². The fourth-order valence-electron chi connectivity index (χ4n) is 3.18. The molecule has 0 atom stereocenters. The smallest absolute Gasteiger partial charge is 0.258 e. The van der Waals surface area contributed by atoms with E-state index in [9.17, 15) is 18.0 Å². The van der Waals surface area contributed by atoms with Gasteiger partial charge in [-0.25, -0.2) is 13.4 Å². The molecule has 1 saturated heterocycles. The Morgan fingerprint density at radius 2 is 2.00 bits per heavy atom. The summed E-state index contributed by atoms with van der Waals surface area (Å²) in [4.78, 5) is 28.8. The highest BCUT2D eigenvalue weighted by Crippen LogP contribution is 2.27. The summed E-state index contributed by atoms with van der Waals surface area (Å²) in [5.74, 6) is -0.675. The van der Waals surface area contributed by atoms with Crippen LogP contribution in [0.25, 0.3) is 4.96 Å². The summed E-state index contributed by atoms with van der Waals surface area (Å²) < 4.78 is 33.9. The molecule has 0 saturated carbocycles. The maximum absolute atomic E-state index is 12.7. The third kappa shape index (κ3) is 3.76. The quantitative estimate of drug-likeness (QED) is 0.622. The molecule has 3 aromatic rings. The molecule has 4 rings (SSSR count). The molecule has 29 heavy (non-hydrogen) atoms. The van der Waals surface area contributed by atoms with Gasteiger partial charge in [0.25, 0.3) is 11.5 Å². The Labute approximate surface area is 170 Å². The molecule has 11 heteroatoms. The van der Waals surface area contributed by atoms with Crippen LogP contribution in [0.15, 0.2) is 45.5 Å². The fraction of sp³-hybridized carbons (Fsp3) is 0.278. The number of primary amides is 1. The third-order valence-corrected chi connectivity index (χ3v) is 7.30. The molecule has 1 fully saturated rings. The monoisotopic (exact) mass is 434 g/mol. The van der Waals surface area contributed by atoms with E-state index in [1.54, 1.807) is 11.6 Å². The van der Waals surface area contributed by atoms with E-state index in [4.69, 9.17) is 10.5 Å². The second-order valence-electron chi connectivity index (χ2n) is 6.56. The van der Waals surface area contributed by atoms with Crippen molar-refractivity contribution in [1.82, 2.24) is 13.7 Å². The van der Waals surface area contributed by atoms with Crippen LogP contribution >= 0.6 is 11.3 Å². The zero-order valence-corrected chi connectivity index (χ0v) is 16.9. The number of ether oxygens (including phenoxy) is 1. The van der Waals surface area contributed by atoms with E-state index in [1.165, 1.54) is 44.3 Å². The highest BCUT2D eigenvalue weighted by Gasteiger charge is 2.28. The number of fused-ring (bicyclic) bond motifs is 1. The molecule has 3 heterocycles. The number of nitrogens with two attached hydrogens (primary N) is 1. The van der Waals surface area contributed by atoms with Gasteiger partial charge in [-0.1, -0.05) is 0 Å². The fourth-order valence-corrected chi connectivity index (χ4v) is 5.46. The van der Waals surface area contributed by atoms with Gasteiger partial charge in [-0.3, -0.25) is 14.0 Å². The van der Waals surface area contributed by atoms with E-state index >= 15 is 0 Å². The van der Waals surface area contributed by atoms with Crippen LogP contribution in [-0.4, -0.2) is 41.1 Å². The van der Waals surface area contributed by atoms with Crippen LogP contribution < -0.4 is 16.0 Å². The van der Waals surface area contributed by atoms with E-state index in [0.717, 1.165) is 12.8 Å². The van der Waals surface area contributed by atoms with Gasteiger partial charge < -0.3 is 10.5 Å². The van der Waals surface area contributed by atoms with Crippen LogP contribution in [0.1, 0.15) is 28.9 Å². The highest BCUT2D eigenvalue weighted by molar-refractivity contribution is 7.89. The number of benzene rings is 1. The zero-order valence-electron chi connectivity index (χ0n) is 15.3. The molecule has 0 unspecified atom stereocenters. The van der Waals surface area contributed by atoms with E-state index in [0.29, 0.717) is 23.7 Å².